The number of aromatic nitrogens is 2. The minimum Gasteiger partial charge on any atom is -0.507 e. The van der Waals surface area contributed by atoms with Gasteiger partial charge in [-0.05, 0) is 6.07 Å². The molecule has 0 aliphatic carbocycles. The van der Waals surface area contributed by atoms with Crippen LogP contribution in [-0.4, -0.2) is 29.9 Å². The highest BCUT2D eigenvalue weighted by atomic mass is 32.1. The van der Waals surface area contributed by atoms with Gasteiger partial charge in [-0.25, -0.2) is 4.79 Å². The van der Waals surface area contributed by atoms with Gasteiger partial charge in [-0.15, -0.1) is 0 Å². The summed E-state index contributed by atoms with van der Waals surface area (Å²) in [6, 6.07) is 3.27. The third-order valence-electron chi connectivity index (χ3n) is 2.14. The molecule has 2 aromatic rings. The van der Waals surface area contributed by atoms with E-state index in [-0.39, 0.29) is 28.4 Å². The number of rotatable bonds is 3. The van der Waals surface area contributed by atoms with Crippen LogP contribution >= 0.6 is 11.7 Å². The lowest BCUT2D eigenvalue weighted by molar-refractivity contribution is -0.384. The number of aromatic carboxylic acids is 1. The number of nitro groups is 1. The van der Waals surface area contributed by atoms with E-state index in [1.54, 1.807) is 0 Å². The molecule has 0 unspecified atom stereocenters. The number of carbonyl (C=O) groups is 1. The molecule has 2 rings (SSSR count). The molecule has 18 heavy (non-hydrogen) atoms. The van der Waals surface area contributed by atoms with E-state index in [0.717, 1.165) is 18.2 Å². The molecule has 9 heteroatoms. The van der Waals surface area contributed by atoms with Gasteiger partial charge in [-0.3, -0.25) is 10.1 Å². The summed E-state index contributed by atoms with van der Waals surface area (Å²) in [7, 11) is 0. The average Bonchev–Trinajstić information content (AvgIpc) is 2.78. The lowest BCUT2D eigenvalue weighted by atomic mass is 10.1. The Morgan fingerprint density at radius 1 is 1.39 bits per heavy atom. The number of carboxylic acid groups (broad SMARTS) is 1. The number of hydrogen-bond donors (Lipinski definition) is 2. The molecule has 0 aliphatic rings. The summed E-state index contributed by atoms with van der Waals surface area (Å²) >= 11 is 0.651. The van der Waals surface area contributed by atoms with Crippen molar-refractivity contribution in [3.8, 4) is 17.0 Å². The van der Waals surface area contributed by atoms with Gasteiger partial charge in [0, 0.05) is 12.1 Å². The summed E-state index contributed by atoms with van der Waals surface area (Å²) in [4.78, 5) is 20.9. The number of aromatic hydroxyl groups is 1. The second kappa shape index (κ2) is 4.37. The number of nitrogens with zero attached hydrogens (tertiary/aromatic N) is 3. The third-order valence-corrected chi connectivity index (χ3v) is 2.67. The van der Waals surface area contributed by atoms with Gasteiger partial charge in [0.2, 0.25) is 0 Å². The average molecular weight is 267 g/mol. The van der Waals surface area contributed by atoms with Crippen LogP contribution in [0.15, 0.2) is 18.2 Å². The maximum absolute atomic E-state index is 10.9. The molecule has 0 amide bonds. The summed E-state index contributed by atoms with van der Waals surface area (Å²) in [5, 5.41) is 29.1. The lowest BCUT2D eigenvalue weighted by Gasteiger charge is -2.01. The number of phenolic OH excluding ortho intramolecular Hbond substituents is 1. The zero-order chi connectivity index (χ0) is 13.3. The first-order valence-corrected chi connectivity index (χ1v) is 5.27. The number of hydrogen-bond acceptors (Lipinski definition) is 7. The SMILES string of the molecule is O=C(O)c1nsnc1-c1cc([N+](=O)[O-])ccc1O. The monoisotopic (exact) mass is 267 g/mol. The molecule has 8 nitrogen and oxygen atoms in total. The van der Waals surface area contributed by atoms with Crippen LogP contribution < -0.4 is 0 Å². The second-order valence-corrected chi connectivity index (χ2v) is 3.75. The maximum atomic E-state index is 10.9. The predicted octanol–water partition coefficient (Wildman–Crippen LogP) is 1.52. The smallest absolute Gasteiger partial charge is 0.357 e. The fraction of sp³-hybridized carbons (Fsp3) is 0. The van der Waals surface area contributed by atoms with Gasteiger partial charge in [-0.2, -0.15) is 8.75 Å². The van der Waals surface area contributed by atoms with E-state index < -0.39 is 10.9 Å². The number of carboxylic acids is 1. The van der Waals surface area contributed by atoms with E-state index in [1.165, 1.54) is 0 Å². The van der Waals surface area contributed by atoms with Gasteiger partial charge < -0.3 is 10.2 Å². The molecule has 0 saturated carbocycles. The Balaban J connectivity index is 2.63. The van der Waals surface area contributed by atoms with Crippen molar-refractivity contribution in [3.05, 3.63) is 34.0 Å². The van der Waals surface area contributed by atoms with Crippen LogP contribution in [-0.2, 0) is 0 Å². The second-order valence-electron chi connectivity index (χ2n) is 3.23. The Morgan fingerprint density at radius 3 is 2.72 bits per heavy atom. The van der Waals surface area contributed by atoms with E-state index in [9.17, 15) is 20.0 Å². The van der Waals surface area contributed by atoms with E-state index in [4.69, 9.17) is 5.11 Å². The molecule has 0 saturated heterocycles. The molecular formula is C9H5N3O5S. The molecule has 0 aliphatic heterocycles. The number of phenols is 1. The van der Waals surface area contributed by atoms with Gasteiger partial charge in [0.05, 0.1) is 22.2 Å². The first-order valence-electron chi connectivity index (χ1n) is 4.54. The molecule has 0 bridgehead atoms. The standard InChI is InChI=1S/C9H5N3O5S/c13-6-2-1-4(12(16)17)3-5(6)7-8(9(14)15)11-18-10-7/h1-3,13H,(H,14,15). The highest BCUT2D eigenvalue weighted by molar-refractivity contribution is 6.99. The van der Waals surface area contributed by atoms with Crippen molar-refractivity contribution in [1.82, 2.24) is 8.75 Å². The minimum atomic E-state index is -1.32. The number of nitro benzene ring substituents is 1. The van der Waals surface area contributed by atoms with E-state index >= 15 is 0 Å². The Bertz CT molecular complexity index is 639. The quantitative estimate of drug-likeness (QED) is 0.637. The van der Waals surface area contributed by atoms with Gasteiger partial charge in [-0.1, -0.05) is 0 Å². The molecule has 2 N–H and O–H groups in total. The fourth-order valence-electron chi connectivity index (χ4n) is 1.33. The van der Waals surface area contributed by atoms with Gasteiger partial charge >= 0.3 is 5.97 Å². The molecule has 0 fully saturated rings. The molecule has 1 aromatic heterocycles. The molecule has 0 spiro atoms. The zero-order valence-corrected chi connectivity index (χ0v) is 9.42. The van der Waals surface area contributed by atoms with E-state index in [0.29, 0.717) is 11.7 Å². The highest BCUT2D eigenvalue weighted by Crippen LogP contribution is 2.33. The van der Waals surface area contributed by atoms with Crippen LogP contribution in [0.4, 0.5) is 5.69 Å². The summed E-state index contributed by atoms with van der Waals surface area (Å²) in [5.41, 5.74) is -0.744. The van der Waals surface area contributed by atoms with E-state index in [1.807, 2.05) is 0 Å². The first-order chi connectivity index (χ1) is 8.50. The number of non-ortho nitro benzene ring substituents is 1. The first kappa shape index (κ1) is 11.9. The van der Waals surface area contributed by atoms with Crippen LogP contribution in [0.25, 0.3) is 11.3 Å². The third kappa shape index (κ3) is 1.98. The van der Waals surface area contributed by atoms with Crippen molar-refractivity contribution >= 4 is 23.4 Å². The van der Waals surface area contributed by atoms with Crippen molar-refractivity contribution in [1.29, 1.82) is 0 Å². The Hall–Kier alpha value is -2.55. The molecule has 0 atom stereocenters. The van der Waals surface area contributed by atoms with Crippen molar-refractivity contribution in [2.75, 3.05) is 0 Å². The van der Waals surface area contributed by atoms with Crippen molar-refractivity contribution < 1.29 is 19.9 Å². The summed E-state index contributed by atoms with van der Waals surface area (Å²) in [6.07, 6.45) is 0. The van der Waals surface area contributed by atoms with Gasteiger partial charge in [0.15, 0.2) is 5.69 Å². The molecule has 92 valence electrons. The van der Waals surface area contributed by atoms with Crippen LogP contribution in [0.1, 0.15) is 10.5 Å². The molecule has 1 heterocycles. The Labute approximate surface area is 104 Å². The fourth-order valence-corrected chi connectivity index (χ4v) is 1.89. The van der Waals surface area contributed by atoms with E-state index in [2.05, 4.69) is 8.75 Å². The van der Waals surface area contributed by atoms with Gasteiger partial charge in [0.1, 0.15) is 11.4 Å². The topological polar surface area (TPSA) is 126 Å². The molecule has 0 radical (unpaired) electrons. The maximum Gasteiger partial charge on any atom is 0.357 e. The summed E-state index contributed by atoms with van der Waals surface area (Å²) in [5.74, 6) is -1.61. The molecule has 1 aromatic carbocycles. The van der Waals surface area contributed by atoms with Crippen molar-refractivity contribution in [3.63, 3.8) is 0 Å². The van der Waals surface area contributed by atoms with Crippen molar-refractivity contribution in [2.45, 2.75) is 0 Å². The Morgan fingerprint density at radius 2 is 2.11 bits per heavy atom. The predicted molar refractivity (Wildman–Crippen MR) is 60.6 cm³/mol. The van der Waals surface area contributed by atoms with Crippen LogP contribution in [0.3, 0.4) is 0 Å². The van der Waals surface area contributed by atoms with Gasteiger partial charge in [0.25, 0.3) is 5.69 Å². The minimum absolute atomic E-state index is 0.0321. The highest BCUT2D eigenvalue weighted by Gasteiger charge is 2.21. The van der Waals surface area contributed by atoms with Crippen LogP contribution in [0, 0.1) is 10.1 Å². The molecular weight excluding hydrogens is 262 g/mol. The normalized spacial score (nSPS) is 10.2. The summed E-state index contributed by atoms with van der Waals surface area (Å²) < 4.78 is 7.29. The lowest BCUT2D eigenvalue weighted by Crippen LogP contribution is -1.99. The Kier molecular flexibility index (Phi) is 2.90. The summed E-state index contributed by atoms with van der Waals surface area (Å²) in [6.45, 7) is 0. The zero-order valence-electron chi connectivity index (χ0n) is 8.60. The van der Waals surface area contributed by atoms with Crippen LogP contribution in [0.5, 0.6) is 5.75 Å². The largest absolute Gasteiger partial charge is 0.507 e. The number of benzene rings is 1. The van der Waals surface area contributed by atoms with Crippen LogP contribution in [0.2, 0.25) is 0 Å². The van der Waals surface area contributed by atoms with Crippen molar-refractivity contribution in [2.24, 2.45) is 0 Å².